The zero-order chi connectivity index (χ0) is 19.5. The van der Waals surface area contributed by atoms with Crippen molar-refractivity contribution in [2.24, 2.45) is 0 Å². The molecule has 2 heterocycles. The largest absolute Gasteiger partial charge is 0.325 e. The SMILES string of the molecule is O=C(CSc1nc2[nH]ncc2c(=O)n1-c1ccccc1)Nc1ccc(F)cc1. The molecule has 0 saturated carbocycles. The first-order valence-corrected chi connectivity index (χ1v) is 9.30. The minimum Gasteiger partial charge on any atom is -0.325 e. The molecule has 0 aliphatic heterocycles. The van der Waals surface area contributed by atoms with E-state index in [1.807, 2.05) is 18.2 Å². The van der Waals surface area contributed by atoms with Crippen molar-refractivity contribution in [3.8, 4) is 5.69 Å². The predicted octanol–water partition coefficient (Wildman–Crippen LogP) is 2.98. The monoisotopic (exact) mass is 395 g/mol. The molecule has 7 nitrogen and oxygen atoms in total. The third-order valence-corrected chi connectivity index (χ3v) is 4.86. The standard InChI is InChI=1S/C19H14FN5O2S/c20-12-6-8-13(9-7-12)22-16(26)11-28-19-23-17-15(10-21-24-17)18(27)25(19)14-4-2-1-3-5-14/h1-10H,11H2,(H,21,24)(H,22,26). The molecule has 0 aliphatic rings. The van der Waals surface area contributed by atoms with E-state index in [9.17, 15) is 14.0 Å². The van der Waals surface area contributed by atoms with E-state index in [0.717, 1.165) is 11.8 Å². The van der Waals surface area contributed by atoms with Crippen molar-refractivity contribution >= 4 is 34.4 Å². The number of hydrogen-bond donors (Lipinski definition) is 2. The number of fused-ring (bicyclic) bond motifs is 1. The van der Waals surface area contributed by atoms with Gasteiger partial charge in [-0.2, -0.15) is 5.10 Å². The van der Waals surface area contributed by atoms with Crippen molar-refractivity contribution < 1.29 is 9.18 Å². The molecule has 2 aromatic heterocycles. The Morgan fingerprint density at radius 1 is 1.14 bits per heavy atom. The Hall–Kier alpha value is -3.46. The van der Waals surface area contributed by atoms with Gasteiger partial charge in [0.05, 0.1) is 17.6 Å². The van der Waals surface area contributed by atoms with Gasteiger partial charge < -0.3 is 5.32 Å². The number of amides is 1. The molecule has 0 unspecified atom stereocenters. The Kier molecular flexibility index (Phi) is 4.90. The molecule has 9 heteroatoms. The number of benzene rings is 2. The van der Waals surface area contributed by atoms with E-state index in [2.05, 4.69) is 20.5 Å². The second kappa shape index (κ2) is 7.65. The normalized spacial score (nSPS) is 10.9. The lowest BCUT2D eigenvalue weighted by molar-refractivity contribution is -0.113. The van der Waals surface area contributed by atoms with Crippen molar-refractivity contribution in [2.75, 3.05) is 11.1 Å². The average Bonchev–Trinajstić information content (AvgIpc) is 3.18. The van der Waals surface area contributed by atoms with Crippen molar-refractivity contribution in [2.45, 2.75) is 5.16 Å². The van der Waals surface area contributed by atoms with Crippen LogP contribution >= 0.6 is 11.8 Å². The maximum atomic E-state index is 13.0. The highest BCUT2D eigenvalue weighted by Crippen LogP contribution is 2.21. The fourth-order valence-electron chi connectivity index (χ4n) is 2.64. The Morgan fingerprint density at radius 2 is 1.89 bits per heavy atom. The van der Waals surface area contributed by atoms with E-state index in [1.54, 1.807) is 12.1 Å². The van der Waals surface area contributed by atoms with Gasteiger partial charge in [-0.3, -0.25) is 19.3 Å². The fourth-order valence-corrected chi connectivity index (χ4v) is 3.44. The van der Waals surface area contributed by atoms with Gasteiger partial charge >= 0.3 is 0 Å². The van der Waals surface area contributed by atoms with Crippen LogP contribution in [0.15, 0.2) is 70.7 Å². The van der Waals surface area contributed by atoms with Gasteiger partial charge in [-0.15, -0.1) is 0 Å². The molecule has 2 aromatic carbocycles. The third-order valence-electron chi connectivity index (χ3n) is 3.93. The highest BCUT2D eigenvalue weighted by molar-refractivity contribution is 7.99. The number of anilines is 1. The van der Waals surface area contributed by atoms with E-state index in [0.29, 0.717) is 27.6 Å². The van der Waals surface area contributed by atoms with Crippen molar-refractivity contribution in [1.29, 1.82) is 0 Å². The molecule has 2 N–H and O–H groups in total. The van der Waals surface area contributed by atoms with Gasteiger partial charge in [0.1, 0.15) is 11.2 Å². The minimum atomic E-state index is -0.378. The van der Waals surface area contributed by atoms with Crippen LogP contribution in [0.5, 0.6) is 0 Å². The Balaban J connectivity index is 1.61. The van der Waals surface area contributed by atoms with Crippen LogP contribution in [0.2, 0.25) is 0 Å². The first-order valence-electron chi connectivity index (χ1n) is 8.31. The molecule has 140 valence electrons. The van der Waals surface area contributed by atoms with Gasteiger partial charge in [0, 0.05) is 5.69 Å². The van der Waals surface area contributed by atoms with Gasteiger partial charge in [0.15, 0.2) is 10.8 Å². The zero-order valence-electron chi connectivity index (χ0n) is 14.4. The summed E-state index contributed by atoms with van der Waals surface area (Å²) in [7, 11) is 0. The van der Waals surface area contributed by atoms with E-state index in [4.69, 9.17) is 0 Å². The molecule has 0 aliphatic carbocycles. The first-order chi connectivity index (χ1) is 13.6. The summed E-state index contributed by atoms with van der Waals surface area (Å²) in [5, 5.41) is 9.98. The van der Waals surface area contributed by atoms with Gasteiger partial charge in [0.25, 0.3) is 5.56 Å². The fraction of sp³-hybridized carbons (Fsp3) is 0.0526. The number of nitrogens with zero attached hydrogens (tertiary/aromatic N) is 3. The molecule has 4 aromatic rings. The van der Waals surface area contributed by atoms with Crippen molar-refractivity contribution in [3.63, 3.8) is 0 Å². The number of H-pyrrole nitrogens is 1. The van der Waals surface area contributed by atoms with Crippen LogP contribution in [0.1, 0.15) is 0 Å². The van der Waals surface area contributed by atoms with E-state index < -0.39 is 0 Å². The summed E-state index contributed by atoms with van der Waals surface area (Å²) < 4.78 is 14.4. The van der Waals surface area contributed by atoms with Crippen LogP contribution in [0.4, 0.5) is 10.1 Å². The summed E-state index contributed by atoms with van der Waals surface area (Å²) in [5.41, 5.74) is 1.22. The van der Waals surface area contributed by atoms with Gasteiger partial charge in [0.2, 0.25) is 5.91 Å². The number of carbonyl (C=O) groups is 1. The maximum absolute atomic E-state index is 13.0. The summed E-state index contributed by atoms with van der Waals surface area (Å²) >= 11 is 1.12. The van der Waals surface area contributed by atoms with Crippen LogP contribution in [-0.4, -0.2) is 31.4 Å². The number of para-hydroxylation sites is 1. The topological polar surface area (TPSA) is 92.7 Å². The molecule has 1 amide bonds. The number of rotatable bonds is 5. The highest BCUT2D eigenvalue weighted by atomic mass is 32.2. The lowest BCUT2D eigenvalue weighted by Crippen LogP contribution is -2.22. The second-order valence-corrected chi connectivity index (χ2v) is 6.79. The lowest BCUT2D eigenvalue weighted by atomic mass is 10.3. The Labute approximate surface area is 162 Å². The lowest BCUT2D eigenvalue weighted by Gasteiger charge is -2.11. The van der Waals surface area contributed by atoms with E-state index in [1.165, 1.54) is 35.0 Å². The molecule has 28 heavy (non-hydrogen) atoms. The summed E-state index contributed by atoms with van der Waals surface area (Å²) in [5.74, 6) is -0.650. The Bertz CT molecular complexity index is 1190. The quantitative estimate of drug-likeness (QED) is 0.400. The molecule has 0 spiro atoms. The summed E-state index contributed by atoms with van der Waals surface area (Å²) in [6, 6.07) is 14.6. The Morgan fingerprint density at radius 3 is 2.64 bits per heavy atom. The molecule has 4 rings (SSSR count). The molecular weight excluding hydrogens is 381 g/mol. The zero-order valence-corrected chi connectivity index (χ0v) is 15.2. The molecular formula is C19H14FN5O2S. The predicted molar refractivity (Wildman–Crippen MR) is 105 cm³/mol. The number of aromatic nitrogens is 4. The molecule has 0 bridgehead atoms. The maximum Gasteiger partial charge on any atom is 0.269 e. The molecule has 0 radical (unpaired) electrons. The smallest absolute Gasteiger partial charge is 0.269 e. The summed E-state index contributed by atoms with van der Waals surface area (Å²) in [4.78, 5) is 29.6. The number of aromatic amines is 1. The number of hydrogen-bond acceptors (Lipinski definition) is 5. The summed E-state index contributed by atoms with van der Waals surface area (Å²) in [6.45, 7) is 0. The van der Waals surface area contributed by atoms with Gasteiger partial charge in [-0.05, 0) is 36.4 Å². The molecule has 0 fully saturated rings. The van der Waals surface area contributed by atoms with E-state index in [-0.39, 0.29) is 23.0 Å². The van der Waals surface area contributed by atoms with Gasteiger partial charge in [-0.1, -0.05) is 30.0 Å². The van der Waals surface area contributed by atoms with Crippen molar-refractivity contribution in [1.82, 2.24) is 19.7 Å². The second-order valence-electron chi connectivity index (χ2n) is 5.85. The van der Waals surface area contributed by atoms with Crippen LogP contribution in [0.25, 0.3) is 16.7 Å². The number of thioether (sulfide) groups is 1. The summed E-state index contributed by atoms with van der Waals surface area (Å²) in [6.07, 6.45) is 1.43. The minimum absolute atomic E-state index is 0.0241. The number of halogens is 1. The molecule has 0 atom stereocenters. The molecule has 0 saturated heterocycles. The van der Waals surface area contributed by atoms with Crippen molar-refractivity contribution in [3.05, 3.63) is 77.0 Å². The van der Waals surface area contributed by atoms with Gasteiger partial charge in [-0.25, -0.2) is 9.37 Å². The first kappa shape index (κ1) is 17.9. The van der Waals surface area contributed by atoms with Crippen LogP contribution in [0.3, 0.4) is 0 Å². The number of nitrogens with one attached hydrogen (secondary N) is 2. The van der Waals surface area contributed by atoms with Crippen LogP contribution in [0, 0.1) is 5.82 Å². The average molecular weight is 395 g/mol. The number of carbonyl (C=O) groups excluding carboxylic acids is 1. The van der Waals surface area contributed by atoms with Crippen LogP contribution < -0.4 is 10.9 Å². The van der Waals surface area contributed by atoms with E-state index >= 15 is 0 Å². The highest BCUT2D eigenvalue weighted by Gasteiger charge is 2.16. The third kappa shape index (κ3) is 3.65. The van der Waals surface area contributed by atoms with Crippen LogP contribution in [-0.2, 0) is 4.79 Å².